The largest absolute Gasteiger partial charge is 0.323 e. The second-order valence-electron chi connectivity index (χ2n) is 4.67. The molecule has 1 aromatic carbocycles. The van der Waals surface area contributed by atoms with Gasteiger partial charge < -0.3 is 10.3 Å². The predicted octanol–water partition coefficient (Wildman–Crippen LogP) is 1.84. The number of thioether (sulfide) groups is 1. The van der Waals surface area contributed by atoms with Gasteiger partial charge in [-0.25, -0.2) is 0 Å². The van der Waals surface area contributed by atoms with E-state index in [-0.39, 0.29) is 6.04 Å². The summed E-state index contributed by atoms with van der Waals surface area (Å²) in [5, 5.41) is 9.58. The second kappa shape index (κ2) is 4.40. The van der Waals surface area contributed by atoms with Crippen LogP contribution in [-0.4, -0.2) is 20.0 Å². The van der Waals surface area contributed by atoms with Gasteiger partial charge in [0.1, 0.15) is 5.82 Å². The minimum atomic E-state index is 0.0863. The van der Waals surface area contributed by atoms with Crippen molar-refractivity contribution in [3.05, 3.63) is 41.2 Å². The van der Waals surface area contributed by atoms with E-state index in [1.807, 2.05) is 18.5 Å². The molecule has 2 atom stereocenters. The van der Waals surface area contributed by atoms with Crippen LogP contribution >= 0.6 is 11.8 Å². The van der Waals surface area contributed by atoms with Crippen molar-refractivity contribution < 1.29 is 0 Å². The number of aromatic nitrogens is 3. The zero-order chi connectivity index (χ0) is 12.7. The topological polar surface area (TPSA) is 56.7 Å². The maximum Gasteiger partial charge on any atom is 0.191 e. The van der Waals surface area contributed by atoms with Crippen molar-refractivity contribution in [2.75, 3.05) is 0 Å². The monoisotopic (exact) mass is 260 g/mol. The van der Waals surface area contributed by atoms with E-state index >= 15 is 0 Å². The summed E-state index contributed by atoms with van der Waals surface area (Å²) in [4.78, 5) is 0. The Labute approximate surface area is 111 Å². The zero-order valence-electron chi connectivity index (χ0n) is 10.5. The van der Waals surface area contributed by atoms with Gasteiger partial charge >= 0.3 is 0 Å². The highest BCUT2D eigenvalue weighted by Gasteiger charge is 2.31. The highest BCUT2D eigenvalue weighted by atomic mass is 32.2. The summed E-state index contributed by atoms with van der Waals surface area (Å²) in [6, 6.07) is 8.51. The molecule has 0 saturated carbocycles. The molecular weight excluding hydrogens is 244 g/mol. The molecule has 0 saturated heterocycles. The summed E-state index contributed by atoms with van der Waals surface area (Å²) in [5.41, 5.74) is 8.95. The van der Waals surface area contributed by atoms with Crippen LogP contribution in [0.25, 0.3) is 0 Å². The van der Waals surface area contributed by atoms with E-state index in [0.29, 0.717) is 5.25 Å². The van der Waals surface area contributed by atoms with E-state index in [1.54, 1.807) is 11.8 Å². The molecule has 2 unspecified atom stereocenters. The lowest BCUT2D eigenvalue weighted by molar-refractivity contribution is 0.713. The van der Waals surface area contributed by atoms with Crippen LogP contribution in [0.15, 0.2) is 29.4 Å². The first kappa shape index (κ1) is 11.7. The van der Waals surface area contributed by atoms with Gasteiger partial charge in [-0.15, -0.1) is 10.2 Å². The predicted molar refractivity (Wildman–Crippen MR) is 72.5 cm³/mol. The first-order valence-corrected chi connectivity index (χ1v) is 6.91. The lowest BCUT2D eigenvalue weighted by Crippen LogP contribution is -2.19. The van der Waals surface area contributed by atoms with Crippen molar-refractivity contribution in [1.82, 2.24) is 14.8 Å². The third-order valence-electron chi connectivity index (χ3n) is 3.55. The Morgan fingerprint density at radius 1 is 1.33 bits per heavy atom. The Balaban J connectivity index is 1.83. The van der Waals surface area contributed by atoms with E-state index in [2.05, 4.69) is 34.5 Å². The third kappa shape index (κ3) is 1.83. The third-order valence-corrected chi connectivity index (χ3v) is 4.87. The SMILES string of the molecule is Cc1nnc(SC2Cc3ccccc3C2N)n1C. The molecule has 1 heterocycles. The fourth-order valence-electron chi connectivity index (χ4n) is 2.33. The highest BCUT2D eigenvalue weighted by Crippen LogP contribution is 2.39. The summed E-state index contributed by atoms with van der Waals surface area (Å²) < 4.78 is 2.01. The smallest absolute Gasteiger partial charge is 0.191 e. The average Bonchev–Trinajstić information content (AvgIpc) is 2.86. The first-order valence-electron chi connectivity index (χ1n) is 6.03. The van der Waals surface area contributed by atoms with Gasteiger partial charge in [-0.05, 0) is 24.5 Å². The maximum atomic E-state index is 6.32. The maximum absolute atomic E-state index is 6.32. The van der Waals surface area contributed by atoms with Crippen LogP contribution in [0.1, 0.15) is 23.0 Å². The molecule has 1 aliphatic carbocycles. The van der Waals surface area contributed by atoms with Gasteiger partial charge in [0, 0.05) is 18.3 Å². The summed E-state index contributed by atoms with van der Waals surface area (Å²) in [6.07, 6.45) is 1.01. The van der Waals surface area contributed by atoms with Crippen LogP contribution in [0.2, 0.25) is 0 Å². The molecular formula is C13H16N4S. The summed E-state index contributed by atoms with van der Waals surface area (Å²) in [5.74, 6) is 0.932. The number of fused-ring (bicyclic) bond motifs is 1. The van der Waals surface area contributed by atoms with Crippen molar-refractivity contribution in [1.29, 1.82) is 0 Å². The van der Waals surface area contributed by atoms with Gasteiger partial charge in [-0.2, -0.15) is 0 Å². The number of nitrogens with two attached hydrogens (primary N) is 1. The Hall–Kier alpha value is -1.33. The van der Waals surface area contributed by atoms with Crippen molar-refractivity contribution in [3.8, 4) is 0 Å². The highest BCUT2D eigenvalue weighted by molar-refractivity contribution is 7.99. The number of nitrogens with zero attached hydrogens (tertiary/aromatic N) is 3. The Bertz CT molecular complexity index is 578. The van der Waals surface area contributed by atoms with Crippen LogP contribution in [0, 0.1) is 6.92 Å². The van der Waals surface area contributed by atoms with Crippen LogP contribution in [0.4, 0.5) is 0 Å². The van der Waals surface area contributed by atoms with Crippen molar-refractivity contribution >= 4 is 11.8 Å². The lowest BCUT2D eigenvalue weighted by Gasteiger charge is -2.14. The summed E-state index contributed by atoms with van der Waals surface area (Å²) in [7, 11) is 1.99. The molecule has 3 rings (SSSR count). The molecule has 94 valence electrons. The number of rotatable bonds is 2. The van der Waals surface area contributed by atoms with Crippen LogP contribution in [0.5, 0.6) is 0 Å². The molecule has 0 spiro atoms. The van der Waals surface area contributed by atoms with Gasteiger partial charge in [0.15, 0.2) is 5.16 Å². The van der Waals surface area contributed by atoms with Crippen LogP contribution < -0.4 is 5.73 Å². The van der Waals surface area contributed by atoms with Gasteiger partial charge in [-0.3, -0.25) is 0 Å². The van der Waals surface area contributed by atoms with Crippen LogP contribution in [0.3, 0.4) is 0 Å². The zero-order valence-corrected chi connectivity index (χ0v) is 11.3. The fraction of sp³-hybridized carbons (Fsp3) is 0.385. The normalized spacial score (nSPS) is 22.2. The van der Waals surface area contributed by atoms with Gasteiger partial charge in [0.2, 0.25) is 0 Å². The summed E-state index contributed by atoms with van der Waals surface area (Å²) >= 11 is 1.73. The van der Waals surface area contributed by atoms with Crippen molar-refractivity contribution in [2.45, 2.75) is 29.8 Å². The number of aryl methyl sites for hydroxylation is 1. The van der Waals surface area contributed by atoms with Gasteiger partial charge in [-0.1, -0.05) is 36.0 Å². The number of benzene rings is 1. The number of hydrogen-bond donors (Lipinski definition) is 1. The number of hydrogen-bond acceptors (Lipinski definition) is 4. The van der Waals surface area contributed by atoms with E-state index < -0.39 is 0 Å². The molecule has 0 bridgehead atoms. The molecule has 0 aliphatic heterocycles. The average molecular weight is 260 g/mol. The molecule has 5 heteroatoms. The van der Waals surface area contributed by atoms with Gasteiger partial charge in [0.25, 0.3) is 0 Å². The molecule has 2 N–H and O–H groups in total. The van der Waals surface area contributed by atoms with Gasteiger partial charge in [0.05, 0.1) is 0 Å². The minimum Gasteiger partial charge on any atom is -0.323 e. The molecule has 0 radical (unpaired) electrons. The first-order chi connectivity index (χ1) is 8.66. The Morgan fingerprint density at radius 2 is 2.11 bits per heavy atom. The van der Waals surface area contributed by atoms with Crippen molar-refractivity contribution in [2.24, 2.45) is 12.8 Å². The summed E-state index contributed by atoms with van der Waals surface area (Å²) in [6.45, 7) is 1.96. The Kier molecular flexibility index (Phi) is 2.87. The van der Waals surface area contributed by atoms with E-state index in [9.17, 15) is 0 Å². The van der Waals surface area contributed by atoms with Crippen molar-refractivity contribution in [3.63, 3.8) is 0 Å². The van der Waals surface area contributed by atoms with E-state index in [1.165, 1.54) is 11.1 Å². The van der Waals surface area contributed by atoms with Crippen LogP contribution in [-0.2, 0) is 13.5 Å². The minimum absolute atomic E-state index is 0.0863. The quantitative estimate of drug-likeness (QED) is 0.895. The lowest BCUT2D eigenvalue weighted by atomic mass is 10.1. The van der Waals surface area contributed by atoms with E-state index in [0.717, 1.165) is 17.4 Å². The molecule has 1 aromatic heterocycles. The molecule has 2 aromatic rings. The molecule has 1 aliphatic rings. The second-order valence-corrected chi connectivity index (χ2v) is 5.88. The molecule has 18 heavy (non-hydrogen) atoms. The van der Waals surface area contributed by atoms with E-state index in [4.69, 9.17) is 5.73 Å². The fourth-order valence-corrected chi connectivity index (χ4v) is 3.54. The molecule has 0 amide bonds. The standard InChI is InChI=1S/C13H16N4S/c1-8-15-16-13(17(8)2)18-11-7-9-5-3-4-6-10(9)12(11)14/h3-6,11-12H,7,14H2,1-2H3. The Morgan fingerprint density at radius 3 is 2.78 bits per heavy atom. The molecule has 4 nitrogen and oxygen atoms in total. The molecule has 0 fully saturated rings.